The molecule has 2 heterocycles. The highest BCUT2D eigenvalue weighted by Crippen LogP contribution is 2.30. The molecule has 2 aromatic heterocycles. The Morgan fingerprint density at radius 2 is 1.81 bits per heavy atom. The van der Waals surface area contributed by atoms with Crippen molar-refractivity contribution in [2.75, 3.05) is 26.6 Å². The van der Waals surface area contributed by atoms with Crippen molar-refractivity contribution in [1.29, 1.82) is 0 Å². The molecular formula is C19H21N3O4. The van der Waals surface area contributed by atoms with Gasteiger partial charge in [0.25, 0.3) is 5.91 Å². The van der Waals surface area contributed by atoms with Crippen LogP contribution in [-0.4, -0.2) is 36.6 Å². The molecule has 0 spiro atoms. The molecule has 0 bridgehead atoms. The predicted octanol–water partition coefficient (Wildman–Crippen LogP) is 3.17. The number of aromatic nitrogens is 2. The Balaban J connectivity index is 2.00. The van der Waals surface area contributed by atoms with E-state index in [4.69, 9.17) is 14.2 Å². The lowest BCUT2D eigenvalue weighted by atomic mass is 10.2. The quantitative estimate of drug-likeness (QED) is 0.735. The van der Waals surface area contributed by atoms with E-state index in [9.17, 15) is 4.79 Å². The number of anilines is 1. The summed E-state index contributed by atoms with van der Waals surface area (Å²) in [7, 11) is 4.70. The second kappa shape index (κ2) is 7.35. The van der Waals surface area contributed by atoms with E-state index in [0.29, 0.717) is 46.4 Å². The van der Waals surface area contributed by atoms with Gasteiger partial charge in [-0.15, -0.1) is 0 Å². The van der Waals surface area contributed by atoms with Crippen LogP contribution >= 0.6 is 0 Å². The summed E-state index contributed by atoms with van der Waals surface area (Å²) in [6.45, 7) is 1.96. The van der Waals surface area contributed by atoms with Crippen LogP contribution in [0.4, 0.5) is 5.69 Å². The summed E-state index contributed by atoms with van der Waals surface area (Å²) >= 11 is 0. The van der Waals surface area contributed by atoms with E-state index >= 15 is 0 Å². The molecule has 0 fully saturated rings. The van der Waals surface area contributed by atoms with Gasteiger partial charge in [0.2, 0.25) is 0 Å². The fourth-order valence-corrected chi connectivity index (χ4v) is 2.84. The van der Waals surface area contributed by atoms with Crippen molar-refractivity contribution in [1.82, 2.24) is 9.38 Å². The average Bonchev–Trinajstić information content (AvgIpc) is 3.06. The molecule has 136 valence electrons. The molecule has 3 rings (SSSR count). The molecule has 1 amide bonds. The molecule has 26 heavy (non-hydrogen) atoms. The fraction of sp³-hybridized carbons (Fsp3) is 0.263. The molecule has 0 radical (unpaired) electrons. The molecule has 7 nitrogen and oxygen atoms in total. The first kappa shape index (κ1) is 17.6. The number of nitrogens with one attached hydrogen (secondary N) is 1. The lowest BCUT2D eigenvalue weighted by Crippen LogP contribution is -2.16. The smallest absolute Gasteiger partial charge is 0.274 e. The highest BCUT2D eigenvalue weighted by molar-refractivity contribution is 6.04. The summed E-state index contributed by atoms with van der Waals surface area (Å²) in [6.07, 6.45) is 2.42. The number of carbonyl (C=O) groups is 1. The summed E-state index contributed by atoms with van der Waals surface area (Å²) in [5, 5.41) is 2.90. The zero-order chi connectivity index (χ0) is 18.7. The van der Waals surface area contributed by atoms with Gasteiger partial charge in [0.05, 0.1) is 27.0 Å². The van der Waals surface area contributed by atoms with Gasteiger partial charge in [-0.05, 0) is 30.7 Å². The van der Waals surface area contributed by atoms with E-state index in [1.54, 1.807) is 50.1 Å². The molecule has 1 N–H and O–H groups in total. The van der Waals surface area contributed by atoms with Gasteiger partial charge in [-0.1, -0.05) is 6.92 Å². The maximum Gasteiger partial charge on any atom is 0.274 e. The first-order valence-corrected chi connectivity index (χ1v) is 8.20. The van der Waals surface area contributed by atoms with Crippen molar-refractivity contribution < 1.29 is 19.0 Å². The Bertz CT molecular complexity index is 949. The summed E-state index contributed by atoms with van der Waals surface area (Å²) in [5.41, 5.74) is 2.40. The number of nitrogens with zero attached hydrogens (tertiary/aromatic N) is 2. The van der Waals surface area contributed by atoms with Gasteiger partial charge in [0.15, 0.2) is 22.9 Å². The number of imidazole rings is 1. The van der Waals surface area contributed by atoms with Crippen LogP contribution < -0.4 is 19.5 Å². The monoisotopic (exact) mass is 355 g/mol. The van der Waals surface area contributed by atoms with E-state index in [0.717, 1.165) is 0 Å². The predicted molar refractivity (Wildman–Crippen MR) is 98.6 cm³/mol. The second-order valence-corrected chi connectivity index (χ2v) is 5.55. The summed E-state index contributed by atoms with van der Waals surface area (Å²) < 4.78 is 17.6. The van der Waals surface area contributed by atoms with Crippen molar-refractivity contribution >= 4 is 17.2 Å². The van der Waals surface area contributed by atoms with E-state index < -0.39 is 0 Å². The van der Waals surface area contributed by atoms with Crippen LogP contribution in [0, 0.1) is 0 Å². The standard InChI is InChI=1S/C19H21N3O4/c1-5-13-17(22-10-6-7-15(25-3)18(22)21-13)19(23)20-12-8-9-14(24-2)16(11-12)26-4/h6-11H,5H2,1-4H3,(H,20,23). The van der Waals surface area contributed by atoms with Gasteiger partial charge in [0.1, 0.15) is 5.69 Å². The Morgan fingerprint density at radius 1 is 1.08 bits per heavy atom. The van der Waals surface area contributed by atoms with Gasteiger partial charge in [-0.2, -0.15) is 0 Å². The minimum Gasteiger partial charge on any atom is -0.493 e. The zero-order valence-corrected chi connectivity index (χ0v) is 15.2. The minimum atomic E-state index is -0.255. The Hall–Kier alpha value is -3.22. The normalized spacial score (nSPS) is 10.6. The van der Waals surface area contributed by atoms with Crippen LogP contribution in [0.1, 0.15) is 23.1 Å². The molecule has 0 aliphatic rings. The largest absolute Gasteiger partial charge is 0.493 e. The molecule has 0 aliphatic heterocycles. The average molecular weight is 355 g/mol. The molecule has 0 aliphatic carbocycles. The van der Waals surface area contributed by atoms with Crippen LogP contribution in [0.25, 0.3) is 5.65 Å². The maximum absolute atomic E-state index is 12.9. The molecule has 0 saturated carbocycles. The van der Waals surface area contributed by atoms with E-state index in [2.05, 4.69) is 10.3 Å². The van der Waals surface area contributed by atoms with Crippen molar-refractivity contribution in [2.45, 2.75) is 13.3 Å². The Morgan fingerprint density at radius 3 is 2.46 bits per heavy atom. The van der Waals surface area contributed by atoms with Gasteiger partial charge in [-0.3, -0.25) is 9.20 Å². The number of hydrogen-bond donors (Lipinski definition) is 1. The number of pyridine rings is 1. The SMILES string of the molecule is CCc1nc2c(OC)cccn2c1C(=O)Nc1ccc(OC)c(OC)c1. The third kappa shape index (κ3) is 3.03. The highest BCUT2D eigenvalue weighted by atomic mass is 16.5. The van der Waals surface area contributed by atoms with Crippen LogP contribution in [0.2, 0.25) is 0 Å². The number of hydrogen-bond acceptors (Lipinski definition) is 5. The van der Waals surface area contributed by atoms with Crippen LogP contribution in [-0.2, 0) is 6.42 Å². The lowest BCUT2D eigenvalue weighted by molar-refractivity contribution is 0.102. The number of rotatable bonds is 6. The van der Waals surface area contributed by atoms with Gasteiger partial charge in [0, 0.05) is 18.0 Å². The molecule has 1 aromatic carbocycles. The van der Waals surface area contributed by atoms with Crippen molar-refractivity contribution in [2.24, 2.45) is 0 Å². The molecule has 0 unspecified atom stereocenters. The first-order chi connectivity index (χ1) is 12.6. The topological polar surface area (TPSA) is 74.1 Å². The Labute approximate surface area is 151 Å². The summed E-state index contributed by atoms with van der Waals surface area (Å²) in [4.78, 5) is 17.5. The zero-order valence-electron chi connectivity index (χ0n) is 15.2. The summed E-state index contributed by atoms with van der Waals surface area (Å²) in [6, 6.07) is 8.85. The number of aryl methyl sites for hydroxylation is 1. The van der Waals surface area contributed by atoms with E-state index in [1.165, 1.54) is 0 Å². The van der Waals surface area contributed by atoms with Crippen molar-refractivity contribution in [3.63, 3.8) is 0 Å². The highest BCUT2D eigenvalue weighted by Gasteiger charge is 2.20. The van der Waals surface area contributed by atoms with Gasteiger partial charge < -0.3 is 19.5 Å². The third-order valence-corrected chi connectivity index (χ3v) is 4.10. The van der Waals surface area contributed by atoms with Crippen molar-refractivity contribution in [3.8, 4) is 17.2 Å². The Kier molecular flexibility index (Phi) is 4.97. The maximum atomic E-state index is 12.9. The minimum absolute atomic E-state index is 0.255. The van der Waals surface area contributed by atoms with Crippen LogP contribution in [0.15, 0.2) is 36.5 Å². The summed E-state index contributed by atoms with van der Waals surface area (Å²) in [5.74, 6) is 1.50. The number of carbonyl (C=O) groups excluding carboxylic acids is 1. The number of fused-ring (bicyclic) bond motifs is 1. The van der Waals surface area contributed by atoms with Gasteiger partial charge >= 0.3 is 0 Å². The molecule has 0 saturated heterocycles. The lowest BCUT2D eigenvalue weighted by Gasteiger charge is -2.11. The first-order valence-electron chi connectivity index (χ1n) is 8.20. The fourth-order valence-electron chi connectivity index (χ4n) is 2.84. The van der Waals surface area contributed by atoms with Gasteiger partial charge in [-0.25, -0.2) is 4.98 Å². The molecule has 0 atom stereocenters. The number of amides is 1. The number of ether oxygens (including phenoxy) is 3. The van der Waals surface area contributed by atoms with E-state index in [-0.39, 0.29) is 5.91 Å². The molecule has 3 aromatic rings. The number of benzene rings is 1. The van der Waals surface area contributed by atoms with E-state index in [1.807, 2.05) is 19.1 Å². The molecule has 7 heteroatoms. The van der Waals surface area contributed by atoms with Crippen molar-refractivity contribution in [3.05, 3.63) is 47.9 Å². The van der Waals surface area contributed by atoms with Crippen LogP contribution in [0.5, 0.6) is 17.2 Å². The van der Waals surface area contributed by atoms with Crippen LogP contribution in [0.3, 0.4) is 0 Å². The number of methoxy groups -OCH3 is 3. The molecular weight excluding hydrogens is 334 g/mol. The third-order valence-electron chi connectivity index (χ3n) is 4.10. The second-order valence-electron chi connectivity index (χ2n) is 5.55.